The molecule has 1 saturated carbocycles. The predicted octanol–water partition coefficient (Wildman–Crippen LogP) is 1.48. The molecule has 1 aromatic rings. The van der Waals surface area contributed by atoms with Gasteiger partial charge in [0.1, 0.15) is 11.4 Å². The molecule has 9 nitrogen and oxygen atoms in total. The fourth-order valence-electron chi connectivity index (χ4n) is 4.11. The molecule has 1 aliphatic carbocycles. The number of nitrogens with two attached hydrogens (primary N) is 1. The second-order valence-electron chi connectivity index (χ2n) is 7.62. The number of rotatable bonds is 8. The van der Waals surface area contributed by atoms with Gasteiger partial charge in [-0.15, -0.1) is 0 Å². The van der Waals surface area contributed by atoms with E-state index in [1.807, 2.05) is 0 Å². The maximum atomic E-state index is 12.5. The molecule has 0 radical (unpaired) electrons. The van der Waals surface area contributed by atoms with Crippen molar-refractivity contribution in [1.82, 2.24) is 20.2 Å². The number of esters is 1. The summed E-state index contributed by atoms with van der Waals surface area (Å²) in [5, 5.41) is 3.48. The minimum atomic E-state index is -0.551. The third-order valence-electron chi connectivity index (χ3n) is 5.70. The van der Waals surface area contributed by atoms with E-state index in [1.54, 1.807) is 6.92 Å². The zero-order valence-electron chi connectivity index (χ0n) is 17.5. The summed E-state index contributed by atoms with van der Waals surface area (Å²) in [6, 6.07) is 0. The van der Waals surface area contributed by atoms with Crippen molar-refractivity contribution in [2.75, 3.05) is 50.9 Å². The van der Waals surface area contributed by atoms with Gasteiger partial charge in [0.25, 0.3) is 0 Å². The van der Waals surface area contributed by atoms with Crippen LogP contribution in [0.25, 0.3) is 0 Å². The van der Waals surface area contributed by atoms with Crippen LogP contribution in [0.5, 0.6) is 0 Å². The summed E-state index contributed by atoms with van der Waals surface area (Å²) >= 11 is 1.20. The van der Waals surface area contributed by atoms with E-state index in [0.29, 0.717) is 11.7 Å². The van der Waals surface area contributed by atoms with Crippen molar-refractivity contribution in [2.24, 2.45) is 0 Å². The largest absolute Gasteiger partial charge is 0.462 e. The molecule has 0 bridgehead atoms. The molecule has 166 valence electrons. The molecule has 3 N–H and O–H groups in total. The van der Waals surface area contributed by atoms with Gasteiger partial charge < -0.3 is 20.5 Å². The Balaban J connectivity index is 1.52. The maximum Gasteiger partial charge on any atom is 0.343 e. The average molecular weight is 438 g/mol. The normalized spacial score (nSPS) is 19.2. The first-order chi connectivity index (χ1) is 14.5. The molecule has 0 spiro atoms. The third-order valence-corrected chi connectivity index (χ3v) is 6.57. The monoisotopic (exact) mass is 437 g/mol. The maximum absolute atomic E-state index is 12.5. The Morgan fingerprint density at radius 1 is 1.30 bits per heavy atom. The molecule has 10 heteroatoms. The number of carbonyl (C=O) groups excluding carboxylic acids is 2. The van der Waals surface area contributed by atoms with Crippen molar-refractivity contribution < 1.29 is 19.1 Å². The van der Waals surface area contributed by atoms with E-state index < -0.39 is 5.97 Å². The summed E-state index contributed by atoms with van der Waals surface area (Å²) in [7, 11) is 0. The summed E-state index contributed by atoms with van der Waals surface area (Å²) in [5.41, 5.74) is 6.00. The second kappa shape index (κ2) is 10.9. The molecule has 0 unspecified atom stereocenters. The number of nitrogens with zero attached hydrogens (tertiary/aromatic N) is 3. The highest BCUT2D eigenvalue weighted by molar-refractivity contribution is 7.99. The minimum absolute atomic E-state index is 0.0323. The lowest BCUT2D eigenvalue weighted by Crippen LogP contribution is -2.59. The quantitative estimate of drug-likeness (QED) is 0.354. The summed E-state index contributed by atoms with van der Waals surface area (Å²) in [4.78, 5) is 35.0. The standard InChI is InChI=1S/C20H31N5O4S/c1-2-29-18(27)15-12-22-19(24-17(15)21)30-13-16(26)23-14-20(6-4-3-5-7-20)25-8-10-28-11-9-25/h12H,2-11,13-14H2,1H3,(H,23,26)(H2,21,22,24). The van der Waals surface area contributed by atoms with E-state index in [0.717, 1.165) is 39.1 Å². The Labute approximate surface area is 181 Å². The Bertz CT molecular complexity index is 736. The number of amides is 1. The number of morpholine rings is 1. The van der Waals surface area contributed by atoms with Crippen LogP contribution in [0.1, 0.15) is 49.4 Å². The molecule has 1 amide bonds. The Hall–Kier alpha value is -1.91. The first-order valence-corrected chi connectivity index (χ1v) is 11.5. The highest BCUT2D eigenvalue weighted by Crippen LogP contribution is 2.34. The van der Waals surface area contributed by atoms with Crippen LogP contribution in [0.15, 0.2) is 11.4 Å². The van der Waals surface area contributed by atoms with Crippen LogP contribution in [0.3, 0.4) is 0 Å². The lowest BCUT2D eigenvalue weighted by molar-refractivity contribution is -0.119. The molecular formula is C20H31N5O4S. The summed E-state index contributed by atoms with van der Waals surface area (Å²) in [6.07, 6.45) is 7.21. The van der Waals surface area contributed by atoms with Crippen LogP contribution in [0.4, 0.5) is 5.82 Å². The van der Waals surface area contributed by atoms with Crippen LogP contribution in [0.2, 0.25) is 0 Å². The molecule has 1 aliphatic heterocycles. The topological polar surface area (TPSA) is 120 Å². The van der Waals surface area contributed by atoms with Crippen LogP contribution >= 0.6 is 11.8 Å². The number of hydrogen-bond acceptors (Lipinski definition) is 9. The highest BCUT2D eigenvalue weighted by atomic mass is 32.2. The van der Waals surface area contributed by atoms with E-state index in [-0.39, 0.29) is 35.2 Å². The van der Waals surface area contributed by atoms with Crippen molar-refractivity contribution in [1.29, 1.82) is 0 Å². The molecule has 2 heterocycles. The van der Waals surface area contributed by atoms with E-state index in [4.69, 9.17) is 15.2 Å². The average Bonchev–Trinajstić information content (AvgIpc) is 2.77. The number of nitrogen functional groups attached to an aromatic ring is 1. The smallest absolute Gasteiger partial charge is 0.343 e. The number of thioether (sulfide) groups is 1. The SMILES string of the molecule is CCOC(=O)c1cnc(SCC(=O)NCC2(N3CCOCC3)CCCCC2)nc1N. The van der Waals surface area contributed by atoms with E-state index in [1.165, 1.54) is 37.2 Å². The van der Waals surface area contributed by atoms with Gasteiger partial charge in [-0.2, -0.15) is 0 Å². The van der Waals surface area contributed by atoms with Crippen molar-refractivity contribution in [3.05, 3.63) is 11.8 Å². The van der Waals surface area contributed by atoms with Crippen LogP contribution in [0, 0.1) is 0 Å². The molecule has 0 aromatic carbocycles. The Kier molecular flexibility index (Phi) is 8.29. The number of aromatic nitrogens is 2. The fraction of sp³-hybridized carbons (Fsp3) is 0.700. The van der Waals surface area contributed by atoms with E-state index in [2.05, 4.69) is 20.2 Å². The van der Waals surface area contributed by atoms with Crippen LogP contribution in [-0.2, 0) is 14.3 Å². The first kappa shape index (κ1) is 22.8. The summed E-state index contributed by atoms with van der Waals surface area (Å²) < 4.78 is 10.4. The first-order valence-electron chi connectivity index (χ1n) is 10.6. The van der Waals surface area contributed by atoms with Crippen molar-refractivity contribution >= 4 is 29.5 Å². The number of hydrogen-bond donors (Lipinski definition) is 2. The third kappa shape index (κ3) is 5.83. The molecule has 1 aromatic heterocycles. The van der Waals surface area contributed by atoms with Crippen molar-refractivity contribution in [3.63, 3.8) is 0 Å². The minimum Gasteiger partial charge on any atom is -0.462 e. The van der Waals surface area contributed by atoms with Gasteiger partial charge in [-0.1, -0.05) is 31.0 Å². The van der Waals surface area contributed by atoms with Gasteiger partial charge in [-0.25, -0.2) is 14.8 Å². The van der Waals surface area contributed by atoms with E-state index >= 15 is 0 Å². The molecule has 30 heavy (non-hydrogen) atoms. The number of ether oxygens (including phenoxy) is 2. The fourth-order valence-corrected chi connectivity index (χ4v) is 4.76. The predicted molar refractivity (Wildman–Crippen MR) is 114 cm³/mol. The Morgan fingerprint density at radius 2 is 2.03 bits per heavy atom. The van der Waals surface area contributed by atoms with Crippen LogP contribution < -0.4 is 11.1 Å². The molecule has 3 rings (SSSR count). The molecule has 0 atom stereocenters. The summed E-state index contributed by atoms with van der Waals surface area (Å²) in [6.45, 7) is 5.97. The van der Waals surface area contributed by atoms with E-state index in [9.17, 15) is 9.59 Å². The molecule has 1 saturated heterocycles. The van der Waals surface area contributed by atoms with Gasteiger partial charge in [-0.05, 0) is 19.8 Å². The molecular weight excluding hydrogens is 406 g/mol. The lowest BCUT2D eigenvalue weighted by Gasteiger charge is -2.48. The van der Waals surface area contributed by atoms with Gasteiger partial charge in [0.15, 0.2) is 5.16 Å². The number of nitrogens with one attached hydrogen (secondary N) is 1. The lowest BCUT2D eigenvalue weighted by atomic mass is 9.79. The second-order valence-corrected chi connectivity index (χ2v) is 8.56. The van der Waals surface area contributed by atoms with Gasteiger partial charge >= 0.3 is 5.97 Å². The zero-order chi connectivity index (χ0) is 21.4. The molecule has 2 aliphatic rings. The highest BCUT2D eigenvalue weighted by Gasteiger charge is 2.38. The number of carbonyl (C=O) groups is 2. The zero-order valence-corrected chi connectivity index (χ0v) is 18.3. The van der Waals surface area contributed by atoms with Gasteiger partial charge in [-0.3, -0.25) is 9.69 Å². The van der Waals surface area contributed by atoms with Crippen molar-refractivity contribution in [2.45, 2.75) is 49.7 Å². The van der Waals surface area contributed by atoms with Crippen molar-refractivity contribution in [3.8, 4) is 0 Å². The summed E-state index contributed by atoms with van der Waals surface area (Å²) in [5.74, 6) is -0.364. The van der Waals surface area contributed by atoms with Gasteiger partial charge in [0.2, 0.25) is 5.91 Å². The van der Waals surface area contributed by atoms with Crippen LogP contribution in [-0.4, -0.2) is 77.5 Å². The van der Waals surface area contributed by atoms with Gasteiger partial charge in [0.05, 0.1) is 25.6 Å². The van der Waals surface area contributed by atoms with Gasteiger partial charge in [0, 0.05) is 31.4 Å². The molecule has 2 fully saturated rings. The number of anilines is 1. The Morgan fingerprint density at radius 3 is 2.70 bits per heavy atom.